The van der Waals surface area contributed by atoms with E-state index in [2.05, 4.69) is 10.4 Å². The first-order chi connectivity index (χ1) is 17.0. The van der Waals surface area contributed by atoms with Crippen LogP contribution in [-0.2, 0) is 16.6 Å². The Hall–Kier alpha value is -2.67. The van der Waals surface area contributed by atoms with Crippen molar-refractivity contribution in [3.63, 3.8) is 0 Å². The smallest absolute Gasteiger partial charge is 0.258 e. The molecule has 3 aromatic rings. The van der Waals surface area contributed by atoms with E-state index < -0.39 is 51.3 Å². The Kier molecular flexibility index (Phi) is 7.60. The molecule has 1 amide bonds. The van der Waals surface area contributed by atoms with Gasteiger partial charge >= 0.3 is 0 Å². The summed E-state index contributed by atoms with van der Waals surface area (Å²) in [6.07, 6.45) is 3.54. The van der Waals surface area contributed by atoms with E-state index in [0.717, 1.165) is 23.2 Å². The highest BCUT2D eigenvalue weighted by Crippen LogP contribution is 2.32. The average molecular weight is 565 g/mol. The van der Waals surface area contributed by atoms with Gasteiger partial charge in [0.1, 0.15) is 4.90 Å². The molecule has 192 valence electrons. The first-order valence-electron chi connectivity index (χ1n) is 10.6. The summed E-state index contributed by atoms with van der Waals surface area (Å²) in [6.45, 7) is -0.00451. The van der Waals surface area contributed by atoms with Gasteiger partial charge in [0.25, 0.3) is 5.91 Å². The predicted octanol–water partition coefficient (Wildman–Crippen LogP) is 5.22. The van der Waals surface area contributed by atoms with Gasteiger partial charge in [-0.1, -0.05) is 29.6 Å². The van der Waals surface area contributed by atoms with Crippen LogP contribution in [0.4, 0.5) is 23.4 Å². The Morgan fingerprint density at radius 1 is 0.972 bits per heavy atom. The van der Waals surface area contributed by atoms with Crippen LogP contribution in [0.1, 0.15) is 35.2 Å². The van der Waals surface area contributed by atoms with Gasteiger partial charge in [-0.3, -0.25) is 9.48 Å². The number of benzene rings is 2. The number of halogens is 6. The predicted molar refractivity (Wildman–Crippen MR) is 125 cm³/mol. The van der Waals surface area contributed by atoms with Crippen LogP contribution in [0.3, 0.4) is 0 Å². The lowest BCUT2D eigenvalue weighted by molar-refractivity contribution is 0.102. The molecule has 0 spiro atoms. The maximum Gasteiger partial charge on any atom is 0.258 e. The summed E-state index contributed by atoms with van der Waals surface area (Å²) in [5.74, 6) is -7.17. The molecule has 1 aliphatic rings. The SMILES string of the molecule is O=C(Nc1ccn(Cc2c(F)c(F)cc(F)c2F)n1)c1cc(S(=O)(=O)N2CCCCC2)c(Cl)cc1Cl. The molecule has 0 aliphatic carbocycles. The van der Waals surface area contributed by atoms with Gasteiger partial charge in [-0.05, 0) is 25.0 Å². The van der Waals surface area contributed by atoms with E-state index in [1.807, 2.05) is 0 Å². The van der Waals surface area contributed by atoms with E-state index in [-0.39, 0.29) is 32.4 Å². The normalized spacial score (nSPS) is 14.7. The summed E-state index contributed by atoms with van der Waals surface area (Å²) < 4.78 is 83.2. The number of hydrogen-bond acceptors (Lipinski definition) is 4. The minimum Gasteiger partial charge on any atom is -0.305 e. The molecule has 1 aromatic heterocycles. The van der Waals surface area contributed by atoms with Gasteiger partial charge < -0.3 is 5.32 Å². The third-order valence-electron chi connectivity index (χ3n) is 5.60. The Morgan fingerprint density at radius 2 is 1.61 bits per heavy atom. The highest BCUT2D eigenvalue weighted by molar-refractivity contribution is 7.89. The number of amides is 1. The lowest BCUT2D eigenvalue weighted by atomic mass is 10.2. The van der Waals surface area contributed by atoms with Crippen LogP contribution >= 0.6 is 23.2 Å². The van der Waals surface area contributed by atoms with E-state index in [0.29, 0.717) is 25.9 Å². The van der Waals surface area contributed by atoms with Gasteiger partial charge in [0.05, 0.1) is 27.7 Å². The average Bonchev–Trinajstić information content (AvgIpc) is 3.27. The fraction of sp³-hybridized carbons (Fsp3) is 0.273. The molecule has 1 saturated heterocycles. The lowest BCUT2D eigenvalue weighted by Crippen LogP contribution is -2.35. The minimum absolute atomic E-state index is 0.0934. The Bertz CT molecular complexity index is 1420. The standard InChI is InChI=1S/C22H18Cl2F4N4O3S/c23-14-9-15(24)18(36(34,35)32-5-2-1-3-6-32)8-12(14)22(33)29-19-4-7-31(30-19)11-13-20(27)16(25)10-17(26)21(13)28/h4,7-10H,1-3,5-6,11H2,(H,29,30,33). The van der Waals surface area contributed by atoms with E-state index in [4.69, 9.17) is 23.2 Å². The summed E-state index contributed by atoms with van der Waals surface area (Å²) in [6, 6.07) is 3.58. The molecule has 1 aliphatic heterocycles. The summed E-state index contributed by atoms with van der Waals surface area (Å²) in [5, 5.41) is 6.05. The topological polar surface area (TPSA) is 84.3 Å². The largest absolute Gasteiger partial charge is 0.305 e. The van der Waals surface area contributed by atoms with Crippen LogP contribution in [0.5, 0.6) is 0 Å². The van der Waals surface area contributed by atoms with E-state index in [1.165, 1.54) is 16.6 Å². The number of sulfonamides is 1. The number of carbonyl (C=O) groups is 1. The number of carbonyl (C=O) groups excluding carboxylic acids is 1. The maximum atomic E-state index is 13.9. The molecular weight excluding hydrogens is 547 g/mol. The van der Waals surface area contributed by atoms with Crippen LogP contribution in [0.15, 0.2) is 35.4 Å². The lowest BCUT2D eigenvalue weighted by Gasteiger charge is -2.26. The number of nitrogens with one attached hydrogen (secondary N) is 1. The molecule has 0 radical (unpaired) electrons. The molecule has 1 fully saturated rings. The van der Waals surface area contributed by atoms with Crippen molar-refractivity contribution in [2.75, 3.05) is 18.4 Å². The van der Waals surface area contributed by atoms with Crippen molar-refractivity contribution >= 4 is 45.0 Å². The van der Waals surface area contributed by atoms with Gasteiger partial charge in [0.2, 0.25) is 10.0 Å². The zero-order valence-corrected chi connectivity index (χ0v) is 20.7. The number of anilines is 1. The van der Waals surface area contributed by atoms with Crippen LogP contribution in [-0.4, -0.2) is 41.5 Å². The van der Waals surface area contributed by atoms with Crippen LogP contribution in [0, 0.1) is 23.3 Å². The third-order valence-corrected chi connectivity index (χ3v) is 8.28. The molecule has 14 heteroatoms. The van der Waals surface area contributed by atoms with Crippen LogP contribution in [0.25, 0.3) is 0 Å². The monoisotopic (exact) mass is 564 g/mol. The zero-order chi connectivity index (χ0) is 26.2. The molecule has 4 rings (SSSR count). The molecule has 1 N–H and O–H groups in total. The number of hydrogen-bond donors (Lipinski definition) is 1. The molecule has 0 saturated carbocycles. The number of aromatic nitrogens is 2. The van der Waals surface area contributed by atoms with Crippen LogP contribution < -0.4 is 5.32 Å². The summed E-state index contributed by atoms with van der Waals surface area (Å²) >= 11 is 12.3. The fourth-order valence-corrected chi connectivity index (χ4v) is 6.12. The molecule has 2 heterocycles. The van der Waals surface area contributed by atoms with E-state index >= 15 is 0 Å². The number of nitrogens with zero attached hydrogens (tertiary/aromatic N) is 3. The van der Waals surface area contributed by atoms with Gasteiger partial charge in [-0.15, -0.1) is 0 Å². The fourth-order valence-electron chi connectivity index (χ4n) is 3.77. The van der Waals surface area contributed by atoms with Gasteiger partial charge in [-0.25, -0.2) is 26.0 Å². The molecular formula is C22H18Cl2F4N4O3S. The van der Waals surface area contributed by atoms with E-state index in [1.54, 1.807) is 0 Å². The highest BCUT2D eigenvalue weighted by atomic mass is 35.5. The Labute approximate surface area is 213 Å². The number of rotatable bonds is 6. The van der Waals surface area contributed by atoms with Crippen molar-refractivity contribution in [3.05, 3.63) is 74.9 Å². The van der Waals surface area contributed by atoms with Crippen molar-refractivity contribution in [1.29, 1.82) is 0 Å². The second kappa shape index (κ2) is 10.4. The summed E-state index contributed by atoms with van der Waals surface area (Å²) in [7, 11) is -3.97. The van der Waals surface area contributed by atoms with Gasteiger partial charge in [-0.2, -0.15) is 9.40 Å². The van der Waals surface area contributed by atoms with Crippen molar-refractivity contribution < 1.29 is 30.8 Å². The van der Waals surface area contributed by atoms with Gasteiger partial charge in [0, 0.05) is 31.4 Å². The Balaban J connectivity index is 1.56. The molecule has 0 bridgehead atoms. The third kappa shape index (κ3) is 5.22. The highest BCUT2D eigenvalue weighted by Gasteiger charge is 2.30. The molecule has 2 aromatic carbocycles. The first kappa shape index (κ1) is 26.4. The van der Waals surface area contributed by atoms with Crippen molar-refractivity contribution in [3.8, 4) is 0 Å². The minimum atomic E-state index is -3.97. The maximum absolute atomic E-state index is 13.9. The molecule has 36 heavy (non-hydrogen) atoms. The Morgan fingerprint density at radius 3 is 2.25 bits per heavy atom. The first-order valence-corrected chi connectivity index (χ1v) is 12.8. The van der Waals surface area contributed by atoms with Crippen LogP contribution in [0.2, 0.25) is 10.0 Å². The zero-order valence-electron chi connectivity index (χ0n) is 18.4. The van der Waals surface area contributed by atoms with Crippen molar-refractivity contribution in [2.24, 2.45) is 0 Å². The van der Waals surface area contributed by atoms with E-state index in [9.17, 15) is 30.8 Å². The second-order valence-electron chi connectivity index (χ2n) is 8.03. The molecule has 0 unspecified atom stereocenters. The van der Waals surface area contributed by atoms with Crippen molar-refractivity contribution in [1.82, 2.24) is 14.1 Å². The summed E-state index contributed by atoms with van der Waals surface area (Å²) in [5.41, 5.74) is -1.09. The second-order valence-corrected chi connectivity index (χ2v) is 10.7. The molecule has 0 atom stereocenters. The van der Waals surface area contributed by atoms with Gasteiger partial charge in [0.15, 0.2) is 29.1 Å². The molecule has 7 nitrogen and oxygen atoms in total. The number of piperidine rings is 1. The summed E-state index contributed by atoms with van der Waals surface area (Å²) in [4.78, 5) is 12.6. The van der Waals surface area contributed by atoms with Crippen molar-refractivity contribution in [2.45, 2.75) is 30.7 Å². The quantitative estimate of drug-likeness (QED) is 0.328.